The van der Waals surface area contributed by atoms with E-state index in [1.165, 1.54) is 5.56 Å². The number of likely N-dealkylation sites (tertiary alicyclic amines) is 1. The van der Waals surface area contributed by atoms with Gasteiger partial charge in [0, 0.05) is 18.7 Å². The van der Waals surface area contributed by atoms with Crippen LogP contribution >= 0.6 is 0 Å². The van der Waals surface area contributed by atoms with Crippen molar-refractivity contribution in [1.29, 1.82) is 5.26 Å². The maximum Gasteiger partial charge on any atom is 0.251 e. The van der Waals surface area contributed by atoms with Gasteiger partial charge >= 0.3 is 0 Å². The van der Waals surface area contributed by atoms with Crippen LogP contribution in [0.3, 0.4) is 0 Å². The van der Waals surface area contributed by atoms with E-state index in [-0.39, 0.29) is 5.91 Å². The van der Waals surface area contributed by atoms with Gasteiger partial charge in [-0.15, -0.1) is 0 Å². The third-order valence-corrected chi connectivity index (χ3v) is 4.79. The third-order valence-electron chi connectivity index (χ3n) is 4.79. The van der Waals surface area contributed by atoms with Crippen LogP contribution in [0.5, 0.6) is 0 Å². The van der Waals surface area contributed by atoms with E-state index in [0.717, 1.165) is 37.6 Å². The summed E-state index contributed by atoms with van der Waals surface area (Å²) in [7, 11) is 0. The number of nitrogens with zero attached hydrogens (tertiary/aromatic N) is 2. The minimum atomic E-state index is -0.0831. The number of amides is 1. The highest BCUT2D eigenvalue weighted by Gasteiger charge is 2.24. The molecule has 0 bridgehead atoms. The molecule has 0 radical (unpaired) electrons. The van der Waals surface area contributed by atoms with Crippen LogP contribution < -0.4 is 5.32 Å². The van der Waals surface area contributed by atoms with Gasteiger partial charge in [0.05, 0.1) is 18.2 Å². The number of aryl methyl sites for hydroxylation is 2. The molecule has 2 aromatic rings. The molecule has 0 aliphatic carbocycles. The van der Waals surface area contributed by atoms with Gasteiger partial charge in [0.15, 0.2) is 0 Å². The molecule has 1 atom stereocenters. The molecule has 1 saturated heterocycles. The van der Waals surface area contributed by atoms with Crippen molar-refractivity contribution in [3.63, 3.8) is 0 Å². The summed E-state index contributed by atoms with van der Waals surface area (Å²) in [5, 5.41) is 11.8. The van der Waals surface area contributed by atoms with E-state index in [9.17, 15) is 4.79 Å². The Morgan fingerprint density at radius 2 is 2.12 bits per heavy atom. The van der Waals surface area contributed by atoms with Gasteiger partial charge in [0.1, 0.15) is 11.5 Å². The molecule has 5 nitrogen and oxygen atoms in total. The van der Waals surface area contributed by atoms with E-state index in [4.69, 9.17) is 9.68 Å². The summed E-state index contributed by atoms with van der Waals surface area (Å²) in [5.74, 6) is 2.37. The van der Waals surface area contributed by atoms with Crippen molar-refractivity contribution in [2.45, 2.75) is 26.8 Å². The number of rotatable bonds is 5. The van der Waals surface area contributed by atoms with E-state index in [0.29, 0.717) is 23.6 Å². The van der Waals surface area contributed by atoms with Crippen LogP contribution in [0.1, 0.15) is 39.4 Å². The lowest BCUT2D eigenvalue weighted by atomic mass is 10.1. The number of carbonyl (C=O) groups is 1. The zero-order valence-electron chi connectivity index (χ0n) is 14.7. The normalized spacial score (nSPS) is 17.4. The van der Waals surface area contributed by atoms with E-state index in [1.54, 1.807) is 24.3 Å². The molecule has 0 spiro atoms. The molecular formula is C20H23N3O2. The molecule has 1 aromatic heterocycles. The molecule has 1 N–H and O–H groups in total. The molecule has 1 aromatic carbocycles. The number of hydrogen-bond donors (Lipinski definition) is 1. The Hall–Kier alpha value is -2.58. The maximum atomic E-state index is 12.2. The second-order valence-corrected chi connectivity index (χ2v) is 6.74. The molecule has 2 heterocycles. The van der Waals surface area contributed by atoms with Gasteiger partial charge in [0.25, 0.3) is 5.91 Å². The second-order valence-electron chi connectivity index (χ2n) is 6.74. The lowest BCUT2D eigenvalue weighted by Gasteiger charge is -2.15. The van der Waals surface area contributed by atoms with Crippen molar-refractivity contribution in [2.24, 2.45) is 5.92 Å². The first-order chi connectivity index (χ1) is 12.0. The van der Waals surface area contributed by atoms with Crippen molar-refractivity contribution < 1.29 is 9.21 Å². The Balaban J connectivity index is 1.46. The third kappa shape index (κ3) is 4.28. The number of carbonyl (C=O) groups excluding carboxylic acids is 1. The van der Waals surface area contributed by atoms with Crippen LogP contribution in [0, 0.1) is 31.1 Å². The average molecular weight is 337 g/mol. The van der Waals surface area contributed by atoms with Gasteiger partial charge in [-0.05, 0) is 68.6 Å². The van der Waals surface area contributed by atoms with Crippen molar-refractivity contribution in [2.75, 3.05) is 19.6 Å². The fourth-order valence-electron chi connectivity index (χ4n) is 3.21. The number of hydrogen-bond acceptors (Lipinski definition) is 4. The number of furan rings is 1. The summed E-state index contributed by atoms with van der Waals surface area (Å²) in [6.07, 6.45) is 1.08. The summed E-state index contributed by atoms with van der Waals surface area (Å²) in [4.78, 5) is 14.6. The van der Waals surface area contributed by atoms with Crippen LogP contribution in [0.4, 0.5) is 0 Å². The largest absolute Gasteiger partial charge is 0.465 e. The van der Waals surface area contributed by atoms with Gasteiger partial charge in [0.2, 0.25) is 0 Å². The van der Waals surface area contributed by atoms with Crippen LogP contribution in [0.15, 0.2) is 34.7 Å². The fourth-order valence-corrected chi connectivity index (χ4v) is 3.21. The molecule has 1 amide bonds. The Kier molecular flexibility index (Phi) is 5.20. The van der Waals surface area contributed by atoms with Crippen LogP contribution in [0.25, 0.3) is 0 Å². The standard InChI is InChI=1S/C20H23N3O2/c1-14-9-19(25-15(14)2)13-23-8-7-17(12-23)11-22-20(24)18-5-3-16(10-21)4-6-18/h3-6,9,17H,7-8,11-13H2,1-2H3,(H,22,24)/t17-/m1/s1. The van der Waals surface area contributed by atoms with E-state index >= 15 is 0 Å². The molecule has 0 saturated carbocycles. The smallest absolute Gasteiger partial charge is 0.251 e. The second kappa shape index (κ2) is 7.54. The van der Waals surface area contributed by atoms with Crippen LogP contribution in [-0.4, -0.2) is 30.4 Å². The van der Waals surface area contributed by atoms with E-state index < -0.39 is 0 Å². The monoisotopic (exact) mass is 337 g/mol. The Morgan fingerprint density at radius 1 is 1.36 bits per heavy atom. The predicted octanol–water partition coefficient (Wildman–Crippen LogP) is 3.02. The minimum Gasteiger partial charge on any atom is -0.465 e. The summed E-state index contributed by atoms with van der Waals surface area (Å²) in [6.45, 7) is 7.54. The first-order valence-electron chi connectivity index (χ1n) is 8.62. The summed E-state index contributed by atoms with van der Waals surface area (Å²) in [5.41, 5.74) is 2.35. The topological polar surface area (TPSA) is 69.3 Å². The van der Waals surface area contributed by atoms with E-state index in [1.807, 2.05) is 6.92 Å². The Bertz CT molecular complexity index is 767. The number of nitriles is 1. The van der Waals surface area contributed by atoms with Gasteiger partial charge in [-0.3, -0.25) is 9.69 Å². The highest BCUT2D eigenvalue weighted by Crippen LogP contribution is 2.21. The Labute approximate surface area is 148 Å². The summed E-state index contributed by atoms with van der Waals surface area (Å²) >= 11 is 0. The molecule has 3 rings (SSSR count). The van der Waals surface area contributed by atoms with Crippen LogP contribution in [-0.2, 0) is 6.54 Å². The first-order valence-corrected chi connectivity index (χ1v) is 8.62. The molecule has 0 unspecified atom stereocenters. The predicted molar refractivity (Wildman–Crippen MR) is 95.1 cm³/mol. The van der Waals surface area contributed by atoms with Gasteiger partial charge in [-0.1, -0.05) is 0 Å². The highest BCUT2D eigenvalue weighted by atomic mass is 16.3. The minimum absolute atomic E-state index is 0.0831. The molecule has 1 aliphatic rings. The van der Waals surface area contributed by atoms with Crippen molar-refractivity contribution in [1.82, 2.24) is 10.2 Å². The molecular weight excluding hydrogens is 314 g/mol. The Morgan fingerprint density at radius 3 is 2.76 bits per heavy atom. The molecule has 130 valence electrons. The van der Waals surface area contributed by atoms with E-state index in [2.05, 4.69) is 29.3 Å². The number of nitrogens with one attached hydrogen (secondary N) is 1. The molecule has 5 heteroatoms. The van der Waals surface area contributed by atoms with Gasteiger partial charge < -0.3 is 9.73 Å². The summed E-state index contributed by atoms with van der Waals surface area (Å²) < 4.78 is 5.75. The zero-order valence-corrected chi connectivity index (χ0v) is 14.7. The van der Waals surface area contributed by atoms with Crippen LogP contribution in [0.2, 0.25) is 0 Å². The first kappa shape index (κ1) is 17.2. The quantitative estimate of drug-likeness (QED) is 0.910. The lowest BCUT2D eigenvalue weighted by Crippen LogP contribution is -2.30. The van der Waals surface area contributed by atoms with Crippen molar-refractivity contribution >= 4 is 5.91 Å². The SMILES string of the molecule is Cc1cc(CN2CC[C@H](CNC(=O)c3ccc(C#N)cc3)C2)oc1C. The van der Waals surface area contributed by atoms with Gasteiger partial charge in [-0.25, -0.2) is 0 Å². The number of benzene rings is 1. The zero-order chi connectivity index (χ0) is 17.8. The van der Waals surface area contributed by atoms with Crippen molar-refractivity contribution in [3.05, 3.63) is 58.5 Å². The molecule has 25 heavy (non-hydrogen) atoms. The lowest BCUT2D eigenvalue weighted by molar-refractivity contribution is 0.0947. The summed E-state index contributed by atoms with van der Waals surface area (Å²) in [6, 6.07) is 10.9. The maximum absolute atomic E-state index is 12.2. The van der Waals surface area contributed by atoms with Crippen molar-refractivity contribution in [3.8, 4) is 6.07 Å². The highest BCUT2D eigenvalue weighted by molar-refractivity contribution is 5.94. The average Bonchev–Trinajstić information content (AvgIpc) is 3.19. The fraction of sp³-hybridized carbons (Fsp3) is 0.400. The molecule has 1 aliphatic heterocycles. The van der Waals surface area contributed by atoms with Gasteiger partial charge in [-0.2, -0.15) is 5.26 Å². The molecule has 1 fully saturated rings.